The third-order valence-corrected chi connectivity index (χ3v) is 3.74. The molecule has 1 amide bonds. The molecule has 0 aliphatic carbocycles. The molecule has 1 saturated heterocycles. The summed E-state index contributed by atoms with van der Waals surface area (Å²) in [6, 6.07) is 5.25. The molecule has 0 radical (unpaired) electrons. The van der Waals surface area contributed by atoms with E-state index in [1.54, 1.807) is 32.4 Å². The van der Waals surface area contributed by atoms with Crippen LogP contribution < -0.4 is 15.2 Å². The normalized spacial score (nSPS) is 17.9. The fourth-order valence-electron chi connectivity index (χ4n) is 2.56. The van der Waals surface area contributed by atoms with Crippen molar-refractivity contribution < 1.29 is 14.3 Å². The quantitative estimate of drug-likeness (QED) is 0.922. The van der Waals surface area contributed by atoms with Crippen LogP contribution in [0.5, 0.6) is 11.5 Å². The molecule has 1 aromatic carbocycles. The summed E-state index contributed by atoms with van der Waals surface area (Å²) in [6.07, 6.45) is 2.11. The van der Waals surface area contributed by atoms with E-state index in [-0.39, 0.29) is 18.3 Å². The Labute approximate surface area is 131 Å². The highest BCUT2D eigenvalue weighted by Crippen LogP contribution is 2.25. The number of piperidine rings is 1. The van der Waals surface area contributed by atoms with Crippen LogP contribution in [0.4, 0.5) is 0 Å². The number of methoxy groups -OCH3 is 2. The van der Waals surface area contributed by atoms with Crippen LogP contribution in [0.15, 0.2) is 18.2 Å². The molecule has 1 atom stereocenters. The molecule has 1 heterocycles. The van der Waals surface area contributed by atoms with Gasteiger partial charge in [-0.05, 0) is 37.4 Å². The molecule has 1 aliphatic rings. The van der Waals surface area contributed by atoms with Gasteiger partial charge in [0.25, 0.3) is 5.91 Å². The van der Waals surface area contributed by atoms with Crippen LogP contribution in [-0.2, 0) is 0 Å². The maximum Gasteiger partial charge on any atom is 0.254 e. The molecule has 0 bridgehead atoms. The predicted molar refractivity (Wildman–Crippen MR) is 84.5 cm³/mol. The molecule has 2 N–H and O–H groups in total. The summed E-state index contributed by atoms with van der Waals surface area (Å²) in [4.78, 5) is 14.4. The highest BCUT2D eigenvalue weighted by Gasteiger charge is 2.24. The number of benzene rings is 1. The molecule has 0 saturated carbocycles. The van der Waals surface area contributed by atoms with Gasteiger partial charge in [-0.2, -0.15) is 0 Å². The van der Waals surface area contributed by atoms with E-state index in [1.165, 1.54) is 0 Å². The van der Waals surface area contributed by atoms with Gasteiger partial charge in [-0.1, -0.05) is 0 Å². The van der Waals surface area contributed by atoms with E-state index >= 15 is 0 Å². The predicted octanol–water partition coefficient (Wildman–Crippen LogP) is 1.94. The lowest BCUT2D eigenvalue weighted by Gasteiger charge is -2.32. The van der Waals surface area contributed by atoms with Crippen molar-refractivity contribution in [1.29, 1.82) is 0 Å². The first-order chi connectivity index (χ1) is 9.67. The van der Waals surface area contributed by atoms with Crippen molar-refractivity contribution >= 4 is 18.3 Å². The highest BCUT2D eigenvalue weighted by atomic mass is 35.5. The maximum absolute atomic E-state index is 12.6. The van der Waals surface area contributed by atoms with Crippen LogP contribution in [0.2, 0.25) is 0 Å². The lowest BCUT2D eigenvalue weighted by atomic mass is 9.97. The Morgan fingerprint density at radius 1 is 1.29 bits per heavy atom. The lowest BCUT2D eigenvalue weighted by Crippen LogP contribution is -2.42. The monoisotopic (exact) mass is 314 g/mol. The van der Waals surface area contributed by atoms with Crippen molar-refractivity contribution in [3.8, 4) is 11.5 Å². The summed E-state index contributed by atoms with van der Waals surface area (Å²) in [5, 5.41) is 0. The molecule has 2 rings (SSSR count). The minimum absolute atomic E-state index is 0. The zero-order valence-corrected chi connectivity index (χ0v) is 13.3. The van der Waals surface area contributed by atoms with Gasteiger partial charge in [0.2, 0.25) is 0 Å². The van der Waals surface area contributed by atoms with Gasteiger partial charge in [0.1, 0.15) is 11.5 Å². The minimum atomic E-state index is 0. The van der Waals surface area contributed by atoms with Crippen molar-refractivity contribution in [2.24, 2.45) is 11.7 Å². The molecule has 0 spiro atoms. The molecule has 1 unspecified atom stereocenters. The summed E-state index contributed by atoms with van der Waals surface area (Å²) in [7, 11) is 3.16. The Hall–Kier alpha value is -1.46. The fraction of sp³-hybridized carbons (Fsp3) is 0.533. The molecule has 1 aliphatic heterocycles. The number of carbonyl (C=O) groups is 1. The second-order valence-corrected chi connectivity index (χ2v) is 5.10. The lowest BCUT2D eigenvalue weighted by molar-refractivity contribution is 0.0677. The van der Waals surface area contributed by atoms with Gasteiger partial charge in [-0.25, -0.2) is 0 Å². The second-order valence-electron chi connectivity index (χ2n) is 5.10. The van der Waals surface area contributed by atoms with Gasteiger partial charge < -0.3 is 20.1 Å². The summed E-state index contributed by atoms with van der Waals surface area (Å²) < 4.78 is 10.4. The van der Waals surface area contributed by atoms with Crippen LogP contribution in [0, 0.1) is 5.92 Å². The third kappa shape index (κ3) is 4.25. The largest absolute Gasteiger partial charge is 0.497 e. The maximum atomic E-state index is 12.6. The fourth-order valence-corrected chi connectivity index (χ4v) is 2.56. The van der Waals surface area contributed by atoms with Crippen molar-refractivity contribution in [1.82, 2.24) is 4.90 Å². The van der Waals surface area contributed by atoms with Crippen molar-refractivity contribution in [2.75, 3.05) is 33.9 Å². The number of likely N-dealkylation sites (tertiary alicyclic amines) is 1. The summed E-state index contributed by atoms with van der Waals surface area (Å²) in [6.45, 7) is 2.15. The van der Waals surface area contributed by atoms with E-state index in [0.717, 1.165) is 25.9 Å². The molecule has 6 heteroatoms. The molecular weight excluding hydrogens is 292 g/mol. The SMILES string of the molecule is COc1cc(OC)cc(C(=O)N2CCCC(CN)C2)c1.Cl. The Balaban J connectivity index is 0.00000220. The summed E-state index contributed by atoms with van der Waals surface area (Å²) >= 11 is 0. The number of hydrogen-bond donors (Lipinski definition) is 1. The van der Waals surface area contributed by atoms with Crippen LogP contribution in [0.3, 0.4) is 0 Å². The van der Waals surface area contributed by atoms with Gasteiger partial charge in [-0.15, -0.1) is 12.4 Å². The Morgan fingerprint density at radius 3 is 2.43 bits per heavy atom. The number of hydrogen-bond acceptors (Lipinski definition) is 4. The zero-order chi connectivity index (χ0) is 14.5. The topological polar surface area (TPSA) is 64.8 Å². The zero-order valence-electron chi connectivity index (χ0n) is 12.5. The van der Waals surface area contributed by atoms with E-state index < -0.39 is 0 Å². The number of rotatable bonds is 4. The standard InChI is InChI=1S/C15H22N2O3.ClH/c1-19-13-6-12(7-14(8-13)20-2)15(18)17-5-3-4-11(9-16)10-17;/h6-8,11H,3-5,9-10,16H2,1-2H3;1H. The van der Waals surface area contributed by atoms with Gasteiger partial charge in [-0.3, -0.25) is 4.79 Å². The molecule has 0 aromatic heterocycles. The van der Waals surface area contributed by atoms with E-state index in [1.807, 2.05) is 4.90 Å². The number of halogens is 1. The molecule has 21 heavy (non-hydrogen) atoms. The summed E-state index contributed by atoms with van der Waals surface area (Å²) in [5.41, 5.74) is 6.31. The number of nitrogens with two attached hydrogens (primary N) is 1. The van der Waals surface area contributed by atoms with Crippen LogP contribution >= 0.6 is 12.4 Å². The Kier molecular flexibility index (Phi) is 6.78. The number of nitrogens with zero attached hydrogens (tertiary/aromatic N) is 1. The van der Waals surface area contributed by atoms with Crippen LogP contribution in [0.25, 0.3) is 0 Å². The Bertz CT molecular complexity index is 460. The minimum Gasteiger partial charge on any atom is -0.497 e. The van der Waals surface area contributed by atoms with Crippen molar-refractivity contribution in [3.05, 3.63) is 23.8 Å². The second kappa shape index (κ2) is 8.10. The van der Waals surface area contributed by atoms with Gasteiger partial charge in [0.15, 0.2) is 0 Å². The molecule has 5 nitrogen and oxygen atoms in total. The molecular formula is C15H23ClN2O3. The average Bonchev–Trinajstić information content (AvgIpc) is 2.53. The van der Waals surface area contributed by atoms with Crippen LogP contribution in [-0.4, -0.2) is 44.7 Å². The molecule has 118 valence electrons. The first-order valence-corrected chi connectivity index (χ1v) is 6.90. The average molecular weight is 315 g/mol. The van der Waals surface area contributed by atoms with E-state index in [4.69, 9.17) is 15.2 Å². The summed E-state index contributed by atoms with van der Waals surface area (Å²) in [5.74, 6) is 1.67. The number of carbonyl (C=O) groups excluding carboxylic acids is 1. The van der Waals surface area contributed by atoms with E-state index in [2.05, 4.69) is 0 Å². The smallest absolute Gasteiger partial charge is 0.254 e. The van der Waals surface area contributed by atoms with E-state index in [9.17, 15) is 4.79 Å². The Morgan fingerprint density at radius 2 is 1.90 bits per heavy atom. The van der Waals surface area contributed by atoms with Gasteiger partial charge in [0.05, 0.1) is 14.2 Å². The van der Waals surface area contributed by atoms with Crippen LogP contribution in [0.1, 0.15) is 23.2 Å². The first-order valence-electron chi connectivity index (χ1n) is 6.90. The van der Waals surface area contributed by atoms with Gasteiger partial charge >= 0.3 is 0 Å². The third-order valence-electron chi connectivity index (χ3n) is 3.74. The highest BCUT2D eigenvalue weighted by molar-refractivity contribution is 5.95. The number of amides is 1. The first kappa shape index (κ1) is 17.6. The molecule has 1 fully saturated rings. The molecule has 1 aromatic rings. The van der Waals surface area contributed by atoms with Crippen molar-refractivity contribution in [2.45, 2.75) is 12.8 Å². The number of ether oxygens (including phenoxy) is 2. The van der Waals surface area contributed by atoms with E-state index in [0.29, 0.717) is 29.5 Å². The van der Waals surface area contributed by atoms with Gasteiger partial charge in [0, 0.05) is 24.7 Å². The van der Waals surface area contributed by atoms with Crippen molar-refractivity contribution in [3.63, 3.8) is 0 Å².